The normalized spacial score (nSPS) is 20.5. The van der Waals surface area contributed by atoms with Crippen molar-refractivity contribution in [3.05, 3.63) is 29.8 Å². The van der Waals surface area contributed by atoms with E-state index in [1.807, 2.05) is 12.1 Å². The van der Waals surface area contributed by atoms with Gasteiger partial charge in [-0.3, -0.25) is 19.3 Å². The molecule has 2 heterocycles. The van der Waals surface area contributed by atoms with Gasteiger partial charge in [-0.05, 0) is 37.1 Å². The molecule has 1 aromatic rings. The maximum absolute atomic E-state index is 12.0. The molecule has 2 fully saturated rings. The highest BCUT2D eigenvalue weighted by atomic mass is 35.5. The summed E-state index contributed by atoms with van der Waals surface area (Å²) >= 11 is 0. The van der Waals surface area contributed by atoms with E-state index in [2.05, 4.69) is 10.6 Å². The first-order chi connectivity index (χ1) is 10.6. The summed E-state index contributed by atoms with van der Waals surface area (Å²) in [4.78, 5) is 36.5. The fraction of sp³-hybridized carbons (Fsp3) is 0.438. The number of hydrogen-bond donors (Lipinski definition) is 2. The molecule has 0 aromatic heterocycles. The maximum Gasteiger partial charge on any atom is 0.241 e. The Bertz CT molecular complexity index is 581. The second kappa shape index (κ2) is 7.57. The van der Waals surface area contributed by atoms with Crippen LogP contribution in [0.1, 0.15) is 31.2 Å². The molecular weight excluding hydrogens is 318 g/mol. The van der Waals surface area contributed by atoms with Gasteiger partial charge in [0.25, 0.3) is 0 Å². The number of imide groups is 1. The largest absolute Gasteiger partial charge is 0.325 e. The van der Waals surface area contributed by atoms with E-state index in [0.717, 1.165) is 30.6 Å². The summed E-state index contributed by atoms with van der Waals surface area (Å²) in [5, 5.41) is 6.03. The lowest BCUT2D eigenvalue weighted by Crippen LogP contribution is -2.35. The lowest BCUT2D eigenvalue weighted by molar-refractivity contribution is -0.139. The lowest BCUT2D eigenvalue weighted by Gasteiger charge is -2.15. The molecule has 7 heteroatoms. The minimum absolute atomic E-state index is 0. The molecule has 0 bridgehead atoms. The molecule has 1 unspecified atom stereocenters. The molecule has 0 saturated carbocycles. The third kappa shape index (κ3) is 4.09. The van der Waals surface area contributed by atoms with Gasteiger partial charge in [0.15, 0.2) is 0 Å². The van der Waals surface area contributed by atoms with Crippen LogP contribution in [-0.4, -0.2) is 35.2 Å². The number of carbonyl (C=O) groups excluding carboxylic acids is 3. The van der Waals surface area contributed by atoms with E-state index in [9.17, 15) is 14.4 Å². The first-order valence-electron chi connectivity index (χ1n) is 7.60. The Kier molecular flexibility index (Phi) is 5.74. The van der Waals surface area contributed by atoms with Gasteiger partial charge in [0.05, 0.1) is 12.6 Å². The number of hydrogen-bond acceptors (Lipinski definition) is 4. The SMILES string of the molecule is Cl.O=C(Nc1ccc(CN2C(=O)CCC2=O)cc1)C1CCCN1. The molecule has 2 aliphatic rings. The predicted molar refractivity (Wildman–Crippen MR) is 88.1 cm³/mol. The Morgan fingerprint density at radius 2 is 1.83 bits per heavy atom. The van der Waals surface area contributed by atoms with E-state index in [0.29, 0.717) is 19.4 Å². The highest BCUT2D eigenvalue weighted by Gasteiger charge is 2.28. The monoisotopic (exact) mass is 337 g/mol. The number of nitrogens with one attached hydrogen (secondary N) is 2. The molecule has 23 heavy (non-hydrogen) atoms. The molecule has 3 amide bonds. The van der Waals surface area contributed by atoms with Crippen molar-refractivity contribution in [2.45, 2.75) is 38.3 Å². The van der Waals surface area contributed by atoms with Crippen molar-refractivity contribution in [1.29, 1.82) is 0 Å². The van der Waals surface area contributed by atoms with Crippen LogP contribution >= 0.6 is 12.4 Å². The number of nitrogens with zero attached hydrogens (tertiary/aromatic N) is 1. The highest BCUT2D eigenvalue weighted by molar-refractivity contribution is 6.01. The van der Waals surface area contributed by atoms with Gasteiger partial charge in [0, 0.05) is 18.5 Å². The summed E-state index contributed by atoms with van der Waals surface area (Å²) in [5.74, 6) is -0.250. The fourth-order valence-corrected chi connectivity index (χ4v) is 2.81. The average Bonchev–Trinajstić information content (AvgIpc) is 3.15. The highest BCUT2D eigenvalue weighted by Crippen LogP contribution is 2.18. The second-order valence-corrected chi connectivity index (χ2v) is 5.71. The van der Waals surface area contributed by atoms with Gasteiger partial charge < -0.3 is 10.6 Å². The first kappa shape index (κ1) is 17.4. The van der Waals surface area contributed by atoms with Crippen LogP contribution in [0.2, 0.25) is 0 Å². The van der Waals surface area contributed by atoms with Crippen molar-refractivity contribution >= 4 is 35.8 Å². The molecule has 124 valence electrons. The summed E-state index contributed by atoms with van der Waals surface area (Å²) in [5.41, 5.74) is 1.60. The maximum atomic E-state index is 12.0. The van der Waals surface area contributed by atoms with Crippen molar-refractivity contribution < 1.29 is 14.4 Å². The molecule has 3 rings (SSSR count). The minimum atomic E-state index is -0.116. The van der Waals surface area contributed by atoms with Crippen molar-refractivity contribution in [3.63, 3.8) is 0 Å². The minimum Gasteiger partial charge on any atom is -0.325 e. The molecule has 0 radical (unpaired) electrons. The quantitative estimate of drug-likeness (QED) is 0.815. The van der Waals surface area contributed by atoms with Crippen molar-refractivity contribution in [3.8, 4) is 0 Å². The van der Waals surface area contributed by atoms with Crippen LogP contribution in [-0.2, 0) is 20.9 Å². The van der Waals surface area contributed by atoms with Crippen molar-refractivity contribution in [2.75, 3.05) is 11.9 Å². The molecule has 2 aliphatic heterocycles. The van der Waals surface area contributed by atoms with Gasteiger partial charge in [0.2, 0.25) is 17.7 Å². The zero-order valence-electron chi connectivity index (χ0n) is 12.7. The van der Waals surface area contributed by atoms with E-state index in [1.165, 1.54) is 4.90 Å². The second-order valence-electron chi connectivity index (χ2n) is 5.71. The van der Waals surface area contributed by atoms with Gasteiger partial charge in [-0.15, -0.1) is 12.4 Å². The summed E-state index contributed by atoms with van der Waals surface area (Å²) in [6.07, 6.45) is 2.50. The van der Waals surface area contributed by atoms with E-state index < -0.39 is 0 Å². The number of halogens is 1. The molecule has 0 spiro atoms. The number of anilines is 1. The van der Waals surface area contributed by atoms with Gasteiger partial charge >= 0.3 is 0 Å². The standard InChI is InChI=1S/C16H19N3O3.ClH/c20-14-7-8-15(21)19(14)10-11-3-5-12(6-4-11)18-16(22)13-2-1-9-17-13;/h3-6,13,17H,1-2,7-10H2,(H,18,22);1H. The van der Waals surface area contributed by atoms with Gasteiger partial charge in [-0.25, -0.2) is 0 Å². The number of carbonyl (C=O) groups is 3. The number of rotatable bonds is 4. The zero-order chi connectivity index (χ0) is 15.5. The number of amides is 3. The zero-order valence-corrected chi connectivity index (χ0v) is 13.5. The van der Waals surface area contributed by atoms with Crippen LogP contribution in [0.25, 0.3) is 0 Å². The van der Waals surface area contributed by atoms with Crippen LogP contribution in [0.15, 0.2) is 24.3 Å². The van der Waals surface area contributed by atoms with Crippen LogP contribution < -0.4 is 10.6 Å². The lowest BCUT2D eigenvalue weighted by atomic mass is 10.1. The summed E-state index contributed by atoms with van der Waals surface area (Å²) in [7, 11) is 0. The Labute approximate surface area is 141 Å². The fourth-order valence-electron chi connectivity index (χ4n) is 2.81. The molecule has 6 nitrogen and oxygen atoms in total. The molecule has 0 aliphatic carbocycles. The van der Waals surface area contributed by atoms with E-state index in [1.54, 1.807) is 12.1 Å². The molecule has 1 aromatic carbocycles. The number of likely N-dealkylation sites (tertiary alicyclic amines) is 1. The summed E-state index contributed by atoms with van der Waals surface area (Å²) < 4.78 is 0. The third-order valence-corrected chi connectivity index (χ3v) is 4.09. The average molecular weight is 338 g/mol. The van der Waals surface area contributed by atoms with Crippen LogP contribution in [0.5, 0.6) is 0 Å². The molecule has 2 N–H and O–H groups in total. The van der Waals surface area contributed by atoms with Gasteiger partial charge in [-0.1, -0.05) is 12.1 Å². The van der Waals surface area contributed by atoms with E-state index >= 15 is 0 Å². The van der Waals surface area contributed by atoms with Crippen LogP contribution in [0.3, 0.4) is 0 Å². The van der Waals surface area contributed by atoms with Crippen LogP contribution in [0, 0.1) is 0 Å². The molecule has 1 atom stereocenters. The Balaban J connectivity index is 0.00000192. The Morgan fingerprint density at radius 1 is 1.17 bits per heavy atom. The van der Waals surface area contributed by atoms with Gasteiger partial charge in [-0.2, -0.15) is 0 Å². The smallest absolute Gasteiger partial charge is 0.241 e. The molecule has 2 saturated heterocycles. The predicted octanol–water partition coefficient (Wildman–Crippen LogP) is 1.45. The Hall–Kier alpha value is -1.92. The van der Waals surface area contributed by atoms with Crippen molar-refractivity contribution in [1.82, 2.24) is 10.2 Å². The van der Waals surface area contributed by atoms with E-state index in [-0.39, 0.29) is 36.2 Å². The summed E-state index contributed by atoms with van der Waals surface area (Å²) in [6, 6.07) is 7.15. The Morgan fingerprint density at radius 3 is 2.39 bits per heavy atom. The van der Waals surface area contributed by atoms with Crippen LogP contribution in [0.4, 0.5) is 5.69 Å². The summed E-state index contributed by atoms with van der Waals surface area (Å²) in [6.45, 7) is 1.19. The number of benzene rings is 1. The van der Waals surface area contributed by atoms with E-state index in [4.69, 9.17) is 0 Å². The molecular formula is C16H20ClN3O3. The van der Waals surface area contributed by atoms with Gasteiger partial charge in [0.1, 0.15) is 0 Å². The topological polar surface area (TPSA) is 78.5 Å². The first-order valence-corrected chi connectivity index (χ1v) is 7.60. The third-order valence-electron chi connectivity index (χ3n) is 4.09. The van der Waals surface area contributed by atoms with Crippen molar-refractivity contribution in [2.24, 2.45) is 0 Å².